The topological polar surface area (TPSA) is 60.1 Å². The number of rotatable bonds is 2. The minimum absolute atomic E-state index is 0.0491. The maximum absolute atomic E-state index is 13.2. The van der Waals surface area contributed by atoms with Crippen molar-refractivity contribution in [2.24, 2.45) is 7.05 Å². The van der Waals surface area contributed by atoms with Gasteiger partial charge in [-0.3, -0.25) is 13.9 Å². The molecule has 1 fully saturated rings. The van der Waals surface area contributed by atoms with Crippen molar-refractivity contribution in [2.75, 3.05) is 13.1 Å². The SMILES string of the molecule is CC(=O)N1CCC(n2c(=O)n(C)c3c(-c4ccc5ccccc5c4)ccnc32)CC1. The minimum Gasteiger partial charge on any atom is -0.343 e. The van der Waals surface area contributed by atoms with Gasteiger partial charge in [-0.05, 0) is 41.3 Å². The summed E-state index contributed by atoms with van der Waals surface area (Å²) in [5.74, 6) is 0.0930. The van der Waals surface area contributed by atoms with E-state index in [2.05, 4.69) is 35.3 Å². The van der Waals surface area contributed by atoms with Crippen LogP contribution in [0.5, 0.6) is 0 Å². The number of imidazole rings is 1. The molecule has 2 aromatic heterocycles. The third-order valence-electron chi connectivity index (χ3n) is 6.30. The fraction of sp³-hybridized carbons (Fsp3) is 0.292. The van der Waals surface area contributed by atoms with Crippen LogP contribution in [-0.2, 0) is 11.8 Å². The number of amides is 1. The largest absolute Gasteiger partial charge is 0.343 e. The first-order valence-electron chi connectivity index (χ1n) is 10.3. The third-order valence-corrected chi connectivity index (χ3v) is 6.30. The van der Waals surface area contributed by atoms with E-state index >= 15 is 0 Å². The molecule has 152 valence electrons. The van der Waals surface area contributed by atoms with Crippen LogP contribution in [0.3, 0.4) is 0 Å². The first kappa shape index (κ1) is 18.6. The van der Waals surface area contributed by atoms with Crippen molar-refractivity contribution in [3.63, 3.8) is 0 Å². The van der Waals surface area contributed by atoms with Gasteiger partial charge in [0.2, 0.25) is 5.91 Å². The standard InChI is InChI=1S/C24H24N4O2/c1-16(29)27-13-10-20(11-14-27)28-23-22(26(2)24(28)30)21(9-12-25-23)19-8-7-17-5-3-4-6-18(17)15-19/h3-9,12,15,20H,10-11,13-14H2,1-2H3. The highest BCUT2D eigenvalue weighted by Gasteiger charge is 2.27. The molecule has 0 saturated carbocycles. The molecule has 0 unspecified atom stereocenters. The average Bonchev–Trinajstić information content (AvgIpc) is 3.03. The monoisotopic (exact) mass is 400 g/mol. The second-order valence-electron chi connectivity index (χ2n) is 8.04. The second kappa shape index (κ2) is 7.13. The summed E-state index contributed by atoms with van der Waals surface area (Å²) in [6.45, 7) is 2.95. The number of carbonyl (C=O) groups excluding carboxylic acids is 1. The Hall–Kier alpha value is -3.41. The van der Waals surface area contributed by atoms with E-state index in [0.29, 0.717) is 13.1 Å². The lowest BCUT2D eigenvalue weighted by Crippen LogP contribution is -2.39. The summed E-state index contributed by atoms with van der Waals surface area (Å²) >= 11 is 0. The Kier molecular flexibility index (Phi) is 4.42. The molecule has 30 heavy (non-hydrogen) atoms. The molecule has 0 spiro atoms. The molecule has 0 radical (unpaired) electrons. The summed E-state index contributed by atoms with van der Waals surface area (Å²) in [5, 5.41) is 2.36. The van der Waals surface area contributed by atoms with Crippen molar-refractivity contribution in [2.45, 2.75) is 25.8 Å². The van der Waals surface area contributed by atoms with Crippen molar-refractivity contribution < 1.29 is 4.79 Å². The van der Waals surface area contributed by atoms with E-state index < -0.39 is 0 Å². The zero-order chi connectivity index (χ0) is 20.8. The highest BCUT2D eigenvalue weighted by Crippen LogP contribution is 2.32. The quantitative estimate of drug-likeness (QED) is 0.515. The molecule has 1 saturated heterocycles. The van der Waals surface area contributed by atoms with E-state index in [-0.39, 0.29) is 17.6 Å². The second-order valence-corrected chi connectivity index (χ2v) is 8.04. The summed E-state index contributed by atoms with van der Waals surface area (Å²) in [6, 6.07) is 16.7. The first-order valence-corrected chi connectivity index (χ1v) is 10.3. The van der Waals surface area contributed by atoms with Gasteiger partial charge >= 0.3 is 5.69 Å². The summed E-state index contributed by atoms with van der Waals surface area (Å²) in [5.41, 5.74) is 3.60. The highest BCUT2D eigenvalue weighted by molar-refractivity contribution is 5.94. The van der Waals surface area contributed by atoms with Crippen LogP contribution in [0.2, 0.25) is 0 Å². The molecular formula is C24H24N4O2. The maximum atomic E-state index is 13.2. The average molecular weight is 400 g/mol. The van der Waals surface area contributed by atoms with E-state index in [0.717, 1.165) is 35.1 Å². The molecule has 1 amide bonds. The van der Waals surface area contributed by atoms with E-state index in [1.54, 1.807) is 17.7 Å². The number of aromatic nitrogens is 3. The third kappa shape index (κ3) is 2.91. The lowest BCUT2D eigenvalue weighted by atomic mass is 10.0. The van der Waals surface area contributed by atoms with Gasteiger partial charge in [0, 0.05) is 44.9 Å². The molecule has 3 heterocycles. The van der Waals surface area contributed by atoms with Gasteiger partial charge < -0.3 is 4.90 Å². The zero-order valence-electron chi connectivity index (χ0n) is 17.2. The van der Waals surface area contributed by atoms with Crippen molar-refractivity contribution >= 4 is 27.8 Å². The van der Waals surface area contributed by atoms with Crippen LogP contribution >= 0.6 is 0 Å². The Morgan fingerprint density at radius 1 is 1.03 bits per heavy atom. The van der Waals surface area contributed by atoms with E-state index in [1.165, 1.54) is 10.8 Å². The number of hydrogen-bond donors (Lipinski definition) is 0. The number of hydrogen-bond acceptors (Lipinski definition) is 3. The van der Waals surface area contributed by atoms with Crippen LogP contribution in [0, 0.1) is 0 Å². The number of pyridine rings is 1. The molecule has 0 aliphatic carbocycles. The van der Waals surface area contributed by atoms with Gasteiger partial charge in [-0.25, -0.2) is 9.78 Å². The van der Waals surface area contributed by atoms with Crippen LogP contribution in [0.15, 0.2) is 59.5 Å². The number of likely N-dealkylation sites (tertiary alicyclic amines) is 1. The Labute approximate surface area is 174 Å². The highest BCUT2D eigenvalue weighted by atomic mass is 16.2. The molecule has 5 rings (SSSR count). The Balaban J connectivity index is 1.63. The number of benzene rings is 2. The predicted octanol–water partition coefficient (Wildman–Crippen LogP) is 3.74. The normalized spacial score (nSPS) is 15.2. The fourth-order valence-electron chi connectivity index (χ4n) is 4.66. The molecule has 0 N–H and O–H groups in total. The summed E-state index contributed by atoms with van der Waals surface area (Å²) in [6.07, 6.45) is 3.31. The lowest BCUT2D eigenvalue weighted by Gasteiger charge is -2.31. The molecular weight excluding hydrogens is 376 g/mol. The number of piperidine rings is 1. The van der Waals surface area contributed by atoms with Gasteiger partial charge in [-0.1, -0.05) is 36.4 Å². The number of aryl methyl sites for hydroxylation is 1. The van der Waals surface area contributed by atoms with Gasteiger partial charge in [0.05, 0.1) is 5.52 Å². The summed E-state index contributed by atoms with van der Waals surface area (Å²) < 4.78 is 3.54. The van der Waals surface area contributed by atoms with Crippen molar-refractivity contribution in [3.05, 3.63) is 65.2 Å². The van der Waals surface area contributed by atoms with Gasteiger partial charge in [0.25, 0.3) is 0 Å². The molecule has 6 nitrogen and oxygen atoms in total. The Bertz CT molecular complexity index is 1330. The fourth-order valence-corrected chi connectivity index (χ4v) is 4.66. The van der Waals surface area contributed by atoms with Gasteiger partial charge in [0.1, 0.15) is 0 Å². The van der Waals surface area contributed by atoms with Gasteiger partial charge in [-0.15, -0.1) is 0 Å². The van der Waals surface area contributed by atoms with Crippen LogP contribution in [0.4, 0.5) is 0 Å². The van der Waals surface area contributed by atoms with Gasteiger partial charge in [-0.2, -0.15) is 0 Å². The number of nitrogens with zero attached hydrogens (tertiary/aromatic N) is 4. The van der Waals surface area contributed by atoms with Crippen molar-refractivity contribution in [1.29, 1.82) is 0 Å². The van der Waals surface area contributed by atoms with E-state index in [1.807, 2.05) is 34.7 Å². The van der Waals surface area contributed by atoms with E-state index in [9.17, 15) is 9.59 Å². The maximum Gasteiger partial charge on any atom is 0.330 e. The molecule has 2 aromatic carbocycles. The summed E-state index contributed by atoms with van der Waals surface area (Å²) in [7, 11) is 1.82. The van der Waals surface area contributed by atoms with Crippen LogP contribution in [0.1, 0.15) is 25.8 Å². The smallest absolute Gasteiger partial charge is 0.330 e. The Morgan fingerprint density at radius 2 is 1.77 bits per heavy atom. The van der Waals surface area contributed by atoms with Crippen molar-refractivity contribution in [1.82, 2.24) is 19.0 Å². The van der Waals surface area contributed by atoms with Crippen molar-refractivity contribution in [3.8, 4) is 11.1 Å². The zero-order valence-corrected chi connectivity index (χ0v) is 17.2. The van der Waals surface area contributed by atoms with E-state index in [4.69, 9.17) is 0 Å². The molecule has 6 heteroatoms. The van der Waals surface area contributed by atoms with Crippen LogP contribution in [-0.4, -0.2) is 38.0 Å². The number of fused-ring (bicyclic) bond motifs is 2. The number of carbonyl (C=O) groups is 1. The first-order chi connectivity index (χ1) is 14.5. The van der Waals surface area contributed by atoms with Gasteiger partial charge in [0.15, 0.2) is 5.65 Å². The minimum atomic E-state index is -0.0491. The lowest BCUT2D eigenvalue weighted by molar-refractivity contribution is -0.130. The predicted molar refractivity (Wildman–Crippen MR) is 118 cm³/mol. The molecule has 0 atom stereocenters. The molecule has 4 aromatic rings. The molecule has 0 bridgehead atoms. The molecule has 1 aliphatic rings. The Morgan fingerprint density at radius 3 is 2.50 bits per heavy atom. The summed E-state index contributed by atoms with van der Waals surface area (Å²) in [4.78, 5) is 31.3. The van der Waals surface area contributed by atoms with Crippen LogP contribution < -0.4 is 5.69 Å². The molecule has 1 aliphatic heterocycles. The van der Waals surface area contributed by atoms with Crippen LogP contribution in [0.25, 0.3) is 33.1 Å².